The molecule has 0 bridgehead atoms. The Bertz CT molecular complexity index is 1270. The van der Waals surface area contributed by atoms with Gasteiger partial charge in [0, 0.05) is 29.7 Å². The summed E-state index contributed by atoms with van der Waals surface area (Å²) in [5.41, 5.74) is 1.36. The quantitative estimate of drug-likeness (QED) is 0.189. The van der Waals surface area contributed by atoms with Gasteiger partial charge in [-0.15, -0.1) is 0 Å². The van der Waals surface area contributed by atoms with E-state index in [1.54, 1.807) is 6.07 Å². The number of carbonyl (C=O) groups excluding carboxylic acids is 1. The lowest BCUT2D eigenvalue weighted by Gasteiger charge is -2.34. The molecule has 4 rings (SSSR count). The highest BCUT2D eigenvalue weighted by Crippen LogP contribution is 2.44. The molecule has 0 saturated heterocycles. The van der Waals surface area contributed by atoms with Gasteiger partial charge in [0.2, 0.25) is 0 Å². The van der Waals surface area contributed by atoms with Gasteiger partial charge in [-0.2, -0.15) is 0 Å². The smallest absolute Gasteiger partial charge is 0.308 e. The minimum absolute atomic E-state index is 0.0301. The van der Waals surface area contributed by atoms with Gasteiger partial charge in [-0.1, -0.05) is 12.1 Å². The van der Waals surface area contributed by atoms with Gasteiger partial charge in [0.05, 0.1) is 12.5 Å². The third-order valence-corrected chi connectivity index (χ3v) is 5.99. The molecule has 10 heteroatoms. The van der Waals surface area contributed by atoms with Crippen LogP contribution in [0.2, 0.25) is 0 Å². The Morgan fingerprint density at radius 3 is 2.28 bits per heavy atom. The van der Waals surface area contributed by atoms with Crippen LogP contribution in [-0.4, -0.2) is 53.9 Å². The molecule has 0 fully saturated rings. The summed E-state index contributed by atoms with van der Waals surface area (Å²) in [5, 5.41) is 69.0. The van der Waals surface area contributed by atoms with E-state index in [2.05, 4.69) is 0 Å². The molecule has 0 radical (unpaired) electrons. The molecule has 0 spiro atoms. The van der Waals surface area contributed by atoms with E-state index in [9.17, 15) is 40.5 Å². The first-order chi connectivity index (χ1) is 17.1. The highest BCUT2D eigenvalue weighted by Gasteiger charge is 2.36. The minimum Gasteiger partial charge on any atom is -0.508 e. The van der Waals surface area contributed by atoms with Crippen LogP contribution in [0.1, 0.15) is 35.6 Å². The highest BCUT2D eigenvalue weighted by molar-refractivity contribution is 5.70. The molecule has 36 heavy (non-hydrogen) atoms. The van der Waals surface area contributed by atoms with E-state index in [-0.39, 0.29) is 53.8 Å². The second kappa shape index (κ2) is 10.1. The lowest BCUT2D eigenvalue weighted by atomic mass is 9.93. The number of ether oxygens (including phenoxy) is 2. The van der Waals surface area contributed by atoms with Crippen molar-refractivity contribution in [2.24, 2.45) is 0 Å². The summed E-state index contributed by atoms with van der Waals surface area (Å²) in [7, 11) is 0. The molecular formula is C26H26O10. The van der Waals surface area contributed by atoms with Crippen LogP contribution in [-0.2, 0) is 22.4 Å². The number of phenolic OH excluding ortho intramolecular Hbond substituents is 6. The third kappa shape index (κ3) is 5.49. The van der Waals surface area contributed by atoms with Gasteiger partial charge in [0.25, 0.3) is 0 Å². The van der Waals surface area contributed by atoms with Gasteiger partial charge in [0.15, 0.2) is 29.1 Å². The van der Waals surface area contributed by atoms with E-state index < -0.39 is 30.0 Å². The third-order valence-electron chi connectivity index (χ3n) is 5.99. The molecule has 7 N–H and O–H groups in total. The molecule has 1 aliphatic heterocycles. The number of aromatic hydroxyl groups is 6. The molecule has 10 nitrogen and oxygen atoms in total. The average molecular weight is 498 g/mol. The lowest BCUT2D eigenvalue weighted by molar-refractivity contribution is -0.157. The molecular weight excluding hydrogens is 472 g/mol. The second-order valence-corrected chi connectivity index (χ2v) is 8.68. The fourth-order valence-electron chi connectivity index (χ4n) is 4.12. The maximum absolute atomic E-state index is 12.7. The molecule has 0 aromatic heterocycles. The summed E-state index contributed by atoms with van der Waals surface area (Å²) >= 11 is 0. The van der Waals surface area contributed by atoms with Gasteiger partial charge < -0.3 is 45.2 Å². The van der Waals surface area contributed by atoms with Crippen molar-refractivity contribution < 1.29 is 50.0 Å². The van der Waals surface area contributed by atoms with E-state index in [0.717, 1.165) is 6.07 Å². The van der Waals surface area contributed by atoms with Crippen LogP contribution in [0.3, 0.4) is 0 Å². The Kier molecular flexibility index (Phi) is 6.98. The number of esters is 1. The van der Waals surface area contributed by atoms with Crippen molar-refractivity contribution in [3.8, 4) is 40.2 Å². The molecule has 3 aromatic carbocycles. The largest absolute Gasteiger partial charge is 0.508 e. The van der Waals surface area contributed by atoms with Crippen molar-refractivity contribution in [3.05, 3.63) is 65.2 Å². The maximum atomic E-state index is 12.7. The normalized spacial score (nSPS) is 17.6. The number of aliphatic hydroxyl groups is 1. The summed E-state index contributed by atoms with van der Waals surface area (Å²) in [6.45, 7) is 0. The van der Waals surface area contributed by atoms with Gasteiger partial charge >= 0.3 is 5.97 Å². The van der Waals surface area contributed by atoms with Gasteiger partial charge in [-0.3, -0.25) is 4.79 Å². The molecule has 3 unspecified atom stereocenters. The van der Waals surface area contributed by atoms with Crippen LogP contribution in [0.25, 0.3) is 0 Å². The van der Waals surface area contributed by atoms with Crippen molar-refractivity contribution in [2.45, 2.75) is 44.0 Å². The number of benzene rings is 3. The molecule has 3 atom stereocenters. The number of phenols is 6. The topological polar surface area (TPSA) is 177 Å². The number of carbonyl (C=O) groups is 1. The molecule has 190 valence electrons. The van der Waals surface area contributed by atoms with E-state index in [1.165, 1.54) is 36.4 Å². The van der Waals surface area contributed by atoms with Gasteiger partial charge in [-0.05, 0) is 42.7 Å². The minimum atomic E-state index is -1.05. The van der Waals surface area contributed by atoms with Crippen molar-refractivity contribution in [1.82, 2.24) is 0 Å². The number of hydrogen-bond acceptors (Lipinski definition) is 10. The van der Waals surface area contributed by atoms with E-state index in [0.29, 0.717) is 23.1 Å². The summed E-state index contributed by atoms with van der Waals surface area (Å²) in [5.74, 6) is -2.28. The first-order valence-electron chi connectivity index (χ1n) is 11.2. The molecule has 1 aliphatic rings. The standard InChI is InChI=1S/C26H26O10/c27-15(4-1-13-2-5-18(29)21(32)7-13)11-25(34)35-24-12-17-20(31)9-16(28)10-23(17)36-26(24)14-3-6-19(30)22(33)8-14/h2-3,5-10,15,24,26-33H,1,4,11-12H2. The van der Waals surface area contributed by atoms with Crippen molar-refractivity contribution in [3.63, 3.8) is 0 Å². The predicted octanol–water partition coefficient (Wildman–Crippen LogP) is 2.89. The highest BCUT2D eigenvalue weighted by atomic mass is 16.6. The van der Waals surface area contributed by atoms with E-state index >= 15 is 0 Å². The Morgan fingerprint density at radius 1 is 0.889 bits per heavy atom. The average Bonchev–Trinajstić information content (AvgIpc) is 2.81. The Hall–Kier alpha value is -4.31. The number of rotatable bonds is 7. The zero-order chi connectivity index (χ0) is 26.0. The summed E-state index contributed by atoms with van der Waals surface area (Å²) in [6, 6.07) is 10.8. The van der Waals surface area contributed by atoms with Crippen LogP contribution >= 0.6 is 0 Å². The zero-order valence-corrected chi connectivity index (χ0v) is 19.0. The van der Waals surface area contributed by atoms with E-state index in [4.69, 9.17) is 9.47 Å². The van der Waals surface area contributed by atoms with Gasteiger partial charge in [0.1, 0.15) is 23.4 Å². The van der Waals surface area contributed by atoms with Crippen molar-refractivity contribution >= 4 is 5.97 Å². The molecule has 0 amide bonds. The number of fused-ring (bicyclic) bond motifs is 1. The lowest BCUT2D eigenvalue weighted by Crippen LogP contribution is -2.35. The summed E-state index contributed by atoms with van der Waals surface area (Å²) in [4.78, 5) is 12.7. The van der Waals surface area contributed by atoms with E-state index in [1.807, 2.05) is 0 Å². The van der Waals surface area contributed by atoms with Crippen LogP contribution in [0.5, 0.6) is 40.2 Å². The summed E-state index contributed by atoms with van der Waals surface area (Å²) in [6.07, 6.45) is -2.71. The Labute approximate surface area is 205 Å². The van der Waals surface area contributed by atoms with Crippen molar-refractivity contribution in [2.75, 3.05) is 0 Å². The predicted molar refractivity (Wildman–Crippen MR) is 125 cm³/mol. The molecule has 3 aromatic rings. The number of hydrogen-bond donors (Lipinski definition) is 7. The van der Waals surface area contributed by atoms with Crippen molar-refractivity contribution in [1.29, 1.82) is 0 Å². The van der Waals surface area contributed by atoms with Crippen LogP contribution in [0.15, 0.2) is 48.5 Å². The monoisotopic (exact) mass is 498 g/mol. The Balaban J connectivity index is 1.47. The number of aliphatic hydroxyl groups excluding tert-OH is 1. The maximum Gasteiger partial charge on any atom is 0.308 e. The van der Waals surface area contributed by atoms with Gasteiger partial charge in [-0.25, -0.2) is 0 Å². The second-order valence-electron chi connectivity index (χ2n) is 8.68. The Morgan fingerprint density at radius 2 is 1.58 bits per heavy atom. The fourth-order valence-corrected chi connectivity index (χ4v) is 4.12. The van der Waals surface area contributed by atoms with Crippen LogP contribution in [0, 0.1) is 0 Å². The molecule has 0 saturated carbocycles. The number of aryl methyl sites for hydroxylation is 1. The zero-order valence-electron chi connectivity index (χ0n) is 19.0. The fraction of sp³-hybridized carbons (Fsp3) is 0.269. The SMILES string of the molecule is O=C(CC(O)CCc1ccc(O)c(O)c1)OC1Cc2c(O)cc(O)cc2OC1c1ccc(O)c(O)c1. The van der Waals surface area contributed by atoms with Crippen LogP contribution in [0.4, 0.5) is 0 Å². The first-order valence-corrected chi connectivity index (χ1v) is 11.2. The summed E-state index contributed by atoms with van der Waals surface area (Å²) < 4.78 is 11.5. The molecule has 0 aliphatic carbocycles. The molecule has 1 heterocycles. The first kappa shape index (κ1) is 24.8. The van der Waals surface area contributed by atoms with Crippen LogP contribution < -0.4 is 4.74 Å².